The van der Waals surface area contributed by atoms with E-state index < -0.39 is 43.1 Å². The number of fused-ring (bicyclic) bond motifs is 1. The van der Waals surface area contributed by atoms with Crippen molar-refractivity contribution in [3.63, 3.8) is 0 Å². The van der Waals surface area contributed by atoms with Crippen LogP contribution in [0, 0.1) is 5.82 Å². The minimum Gasteiger partial charge on any atom is -0.455 e. The van der Waals surface area contributed by atoms with Crippen LogP contribution >= 0.6 is 0 Å². The van der Waals surface area contributed by atoms with Gasteiger partial charge >= 0.3 is 36.7 Å². The molecule has 4 aromatic rings. The van der Waals surface area contributed by atoms with Gasteiger partial charge in [0.05, 0.1) is 23.2 Å². The van der Waals surface area contributed by atoms with Gasteiger partial charge in [-0.15, -0.1) is 0 Å². The maximum absolute atomic E-state index is 13.6. The van der Waals surface area contributed by atoms with Gasteiger partial charge in [0.25, 0.3) is 5.91 Å². The van der Waals surface area contributed by atoms with E-state index in [2.05, 4.69) is 5.32 Å². The molecule has 0 spiro atoms. The van der Waals surface area contributed by atoms with E-state index in [1.165, 1.54) is 35.6 Å². The van der Waals surface area contributed by atoms with Crippen LogP contribution in [-0.4, -0.2) is 44.8 Å². The van der Waals surface area contributed by atoms with Crippen LogP contribution < -0.4 is 73.0 Å². The first-order valence-electron chi connectivity index (χ1n) is 13.2. The molecule has 0 unspecified atom stereocenters. The fraction of sp³-hybridized carbons (Fsp3) is 0.250. The van der Waals surface area contributed by atoms with Crippen molar-refractivity contribution in [2.24, 2.45) is 0 Å². The molecule has 0 atom stereocenters. The van der Waals surface area contributed by atoms with Crippen molar-refractivity contribution in [2.45, 2.75) is 31.5 Å². The van der Waals surface area contributed by atoms with Crippen LogP contribution in [0.15, 0.2) is 65.1 Å². The molecular formula is C28H28BFIN2NaO10S. The Morgan fingerprint density at radius 3 is 2.24 bits per heavy atom. The van der Waals surface area contributed by atoms with Crippen molar-refractivity contribution in [3.05, 3.63) is 83.2 Å². The van der Waals surface area contributed by atoms with Gasteiger partial charge in [0, 0.05) is 24.1 Å². The first-order valence-corrected chi connectivity index (χ1v) is 18.6. The van der Waals surface area contributed by atoms with Gasteiger partial charge in [0.15, 0.2) is 0 Å². The molecule has 0 aliphatic heterocycles. The van der Waals surface area contributed by atoms with Crippen molar-refractivity contribution in [2.75, 3.05) is 17.6 Å². The molecule has 1 aliphatic carbocycles. The van der Waals surface area contributed by atoms with Crippen LogP contribution in [0.4, 0.5) is 15.8 Å². The zero-order chi connectivity index (χ0) is 32.4. The molecule has 3 aromatic carbocycles. The van der Waals surface area contributed by atoms with E-state index >= 15 is 0 Å². The maximum Gasteiger partial charge on any atom is 1.00 e. The second-order valence-electron chi connectivity index (χ2n) is 10.2. The summed E-state index contributed by atoms with van der Waals surface area (Å²) in [6.45, 7) is 0. The number of aryl methyl sites for hydroxylation is 1. The zero-order valence-electron chi connectivity index (χ0n) is 24.5. The molecule has 1 aromatic heterocycles. The van der Waals surface area contributed by atoms with Crippen LogP contribution in [-0.2, 0) is 16.4 Å². The Bertz CT molecular complexity index is 1760. The number of benzene rings is 3. The van der Waals surface area contributed by atoms with Gasteiger partial charge in [-0.3, -0.25) is 18.5 Å². The number of nitrogens with zero attached hydrogens (tertiary/aromatic N) is 1. The number of amides is 1. The Morgan fingerprint density at radius 2 is 1.71 bits per heavy atom. The SMILES string of the molecule is CNC(=O)c1c(-c2ccc(F)cc2)oc2cc(N(c3cccc(CCB(O)O)c3)S(C)(=O)=O)c(C3CC3)cc12.[Na+].[O-][I+3]([O-])([O-])[O-]. The van der Waals surface area contributed by atoms with Gasteiger partial charge in [0.2, 0.25) is 10.0 Å². The molecule has 5 rings (SSSR count). The summed E-state index contributed by atoms with van der Waals surface area (Å²) in [4.78, 5) is 13.0. The van der Waals surface area contributed by atoms with E-state index in [1.54, 1.807) is 30.3 Å². The predicted molar refractivity (Wildman–Crippen MR) is 149 cm³/mol. The molecule has 0 bridgehead atoms. The number of hydrogen-bond donors (Lipinski definition) is 3. The van der Waals surface area contributed by atoms with E-state index in [4.69, 9.17) is 18.2 Å². The molecule has 0 saturated heterocycles. The average molecular weight is 764 g/mol. The Balaban J connectivity index is 0.000000854. The first kappa shape index (κ1) is 37.4. The van der Waals surface area contributed by atoms with Crippen molar-refractivity contribution in [1.29, 1.82) is 0 Å². The minimum absolute atomic E-state index is 0. The summed E-state index contributed by atoms with van der Waals surface area (Å²) in [5.41, 5.74) is 3.49. The van der Waals surface area contributed by atoms with Gasteiger partial charge in [-0.1, -0.05) is 12.1 Å². The molecule has 1 heterocycles. The van der Waals surface area contributed by atoms with Crippen molar-refractivity contribution in [3.8, 4) is 11.3 Å². The number of furan rings is 1. The molecule has 45 heavy (non-hydrogen) atoms. The average Bonchev–Trinajstić information content (AvgIpc) is 3.70. The van der Waals surface area contributed by atoms with Crippen LogP contribution in [0.2, 0.25) is 6.32 Å². The second-order valence-corrected chi connectivity index (χ2v) is 14.2. The Hall–Kier alpha value is -2.10. The number of rotatable bonds is 9. The standard InChI is InChI=1S/C28H28BFN2O6S.IO4.Na/c1-31-28(33)26-23-15-22(18-6-7-18)24(16-25(23)38-27(26)19-8-10-20(30)11-9-19)32(39(2,36)37)21-5-3-4-17(14-21)12-13-29(34)35;2-1(3,4)5;/h3-5,8-11,14-16,18,34-35H,6-7,12-13H2,1-2H3,(H,31,33);;/q;-1;+1. The van der Waals surface area contributed by atoms with Crippen LogP contribution in [0.25, 0.3) is 22.3 Å². The number of carbonyl (C=O) groups excluding carboxylic acids is 1. The molecular weight excluding hydrogens is 736 g/mol. The molecule has 0 radical (unpaired) electrons. The summed E-state index contributed by atoms with van der Waals surface area (Å²) < 4.78 is 82.0. The topological polar surface area (TPSA) is 212 Å². The van der Waals surface area contributed by atoms with E-state index in [0.717, 1.165) is 30.2 Å². The van der Waals surface area contributed by atoms with Crippen LogP contribution in [0.3, 0.4) is 0 Å². The smallest absolute Gasteiger partial charge is 0.455 e. The fourth-order valence-electron chi connectivity index (χ4n) is 4.84. The third kappa shape index (κ3) is 9.95. The van der Waals surface area contributed by atoms with Gasteiger partial charge < -0.3 is 19.8 Å². The van der Waals surface area contributed by atoms with Gasteiger partial charge in [-0.05, 0) is 85.1 Å². The van der Waals surface area contributed by atoms with Crippen molar-refractivity contribution >= 4 is 45.4 Å². The largest absolute Gasteiger partial charge is 1.00 e. The quantitative estimate of drug-likeness (QED) is 0.108. The second kappa shape index (κ2) is 15.2. The summed E-state index contributed by atoms with van der Waals surface area (Å²) in [7, 11) is -3.78. The molecule has 12 nitrogen and oxygen atoms in total. The van der Waals surface area contributed by atoms with E-state index in [-0.39, 0.29) is 53.5 Å². The molecule has 17 heteroatoms. The van der Waals surface area contributed by atoms with Gasteiger partial charge in [-0.2, -0.15) is 0 Å². The summed E-state index contributed by atoms with van der Waals surface area (Å²) in [6.07, 6.45) is 3.35. The van der Waals surface area contributed by atoms with Crippen LogP contribution in [0.1, 0.15) is 40.2 Å². The molecule has 3 N–H and O–H groups in total. The summed E-state index contributed by atoms with van der Waals surface area (Å²) in [5.74, 6) is -0.419. The number of carbonyl (C=O) groups is 1. The summed E-state index contributed by atoms with van der Waals surface area (Å²) in [6, 6.07) is 16.0. The zero-order valence-corrected chi connectivity index (χ0v) is 29.5. The number of anilines is 2. The molecule has 1 amide bonds. The third-order valence-electron chi connectivity index (χ3n) is 6.80. The number of sulfonamides is 1. The Labute approximate surface area is 287 Å². The first-order chi connectivity index (χ1) is 20.6. The Kier molecular flexibility index (Phi) is 12.6. The number of halogens is 2. The van der Waals surface area contributed by atoms with Gasteiger partial charge in [0.1, 0.15) is 37.3 Å². The van der Waals surface area contributed by atoms with E-state index in [0.29, 0.717) is 39.9 Å². The fourth-order valence-corrected chi connectivity index (χ4v) is 5.86. The predicted octanol–water partition coefficient (Wildman–Crippen LogP) is -6.16. The minimum atomic E-state index is -5.94. The van der Waals surface area contributed by atoms with Gasteiger partial charge in [-0.25, -0.2) is 17.1 Å². The van der Waals surface area contributed by atoms with Crippen LogP contribution in [0.5, 0.6) is 0 Å². The summed E-state index contributed by atoms with van der Waals surface area (Å²) >= 11 is -5.94. The molecule has 1 aliphatic rings. The Morgan fingerprint density at radius 1 is 1.09 bits per heavy atom. The monoisotopic (exact) mass is 764 g/mol. The summed E-state index contributed by atoms with van der Waals surface area (Å²) in [5, 5.41) is 21.7. The third-order valence-corrected chi connectivity index (χ3v) is 7.87. The molecule has 234 valence electrons. The number of hydrogen-bond acceptors (Lipinski definition) is 10. The normalized spacial score (nSPS) is 13.0. The molecule has 1 saturated carbocycles. The van der Waals surface area contributed by atoms with Crippen molar-refractivity contribution < 1.29 is 95.5 Å². The molecule has 1 fully saturated rings. The van der Waals surface area contributed by atoms with E-state index in [1.807, 2.05) is 6.07 Å². The van der Waals surface area contributed by atoms with E-state index in [9.17, 15) is 27.7 Å². The number of nitrogens with one attached hydrogen (secondary N) is 1. The van der Waals surface area contributed by atoms with Crippen molar-refractivity contribution in [1.82, 2.24) is 5.32 Å². The maximum atomic E-state index is 13.6.